The molecule has 19 heavy (non-hydrogen) atoms. The molecule has 0 saturated heterocycles. The first-order valence-corrected chi connectivity index (χ1v) is 8.34. The van der Waals surface area contributed by atoms with Gasteiger partial charge in [0, 0.05) is 6.54 Å². The third-order valence-corrected chi connectivity index (χ3v) is 4.26. The topological polar surface area (TPSA) is 41.5 Å². The van der Waals surface area contributed by atoms with Crippen molar-refractivity contribution in [1.29, 1.82) is 0 Å². The number of hydrogen-bond donors (Lipinski definition) is 1. The fourth-order valence-corrected chi connectivity index (χ4v) is 3.21. The molecule has 0 fully saturated rings. The molecule has 0 spiro atoms. The molecule has 0 saturated carbocycles. The van der Waals surface area contributed by atoms with E-state index in [0.717, 1.165) is 21.4 Å². The lowest BCUT2D eigenvalue weighted by Gasteiger charge is -2.05. The van der Waals surface area contributed by atoms with Gasteiger partial charge in [0.1, 0.15) is 10.9 Å². The lowest BCUT2D eigenvalue weighted by molar-refractivity contribution is -0.119. The molecule has 0 unspecified atom stereocenters. The minimum absolute atomic E-state index is 0.0326. The van der Waals surface area contributed by atoms with Gasteiger partial charge in [-0.1, -0.05) is 44.2 Å². The number of amides is 1. The van der Waals surface area contributed by atoms with Crippen LogP contribution < -0.4 is 5.32 Å². The summed E-state index contributed by atoms with van der Waals surface area (Å²) in [5.74, 6) is 1.93. The molecule has 1 N–H and O–H groups in total. The first-order chi connectivity index (χ1) is 9.26. The Hall–Kier alpha value is -0.940. The van der Waals surface area contributed by atoms with Gasteiger partial charge in [0.2, 0.25) is 5.91 Å². The maximum atomic E-state index is 11.7. The van der Waals surface area contributed by atoms with E-state index in [0.29, 0.717) is 6.54 Å². The lowest BCUT2D eigenvalue weighted by atomic mass is 10.2. The van der Waals surface area contributed by atoms with E-state index in [-0.39, 0.29) is 12.5 Å². The van der Waals surface area contributed by atoms with Gasteiger partial charge in [0.25, 0.3) is 0 Å². The second-order valence-electron chi connectivity index (χ2n) is 3.71. The normalized spacial score (nSPS) is 10.0. The molecule has 104 valence electrons. The molecule has 0 heterocycles. The molecule has 0 aliphatic rings. The summed E-state index contributed by atoms with van der Waals surface area (Å²) >= 11 is 3.38. The quantitative estimate of drug-likeness (QED) is 0.647. The summed E-state index contributed by atoms with van der Waals surface area (Å²) in [4.78, 5) is 16.0. The molecule has 0 atom stereocenters. The number of benzene rings is 1. The van der Waals surface area contributed by atoms with Gasteiger partial charge in [-0.25, -0.2) is 0 Å². The van der Waals surface area contributed by atoms with E-state index in [2.05, 4.69) is 24.2 Å². The van der Waals surface area contributed by atoms with E-state index in [1.807, 2.05) is 30.3 Å². The highest BCUT2D eigenvalue weighted by Gasteiger charge is 2.02. The third-order valence-electron chi connectivity index (χ3n) is 2.22. The summed E-state index contributed by atoms with van der Waals surface area (Å²) in [7, 11) is 0. The van der Waals surface area contributed by atoms with Crippen molar-refractivity contribution in [3.05, 3.63) is 35.9 Å². The smallest absolute Gasteiger partial charge is 0.241 e. The molecule has 3 nitrogen and oxygen atoms in total. The van der Waals surface area contributed by atoms with Crippen LogP contribution >= 0.6 is 23.5 Å². The molecule has 0 aliphatic carbocycles. The summed E-state index contributed by atoms with van der Waals surface area (Å²) in [5.41, 5.74) is 1.10. The number of thioether (sulfide) groups is 2. The van der Waals surface area contributed by atoms with E-state index in [1.54, 1.807) is 23.5 Å². The predicted octanol–water partition coefficient (Wildman–Crippen LogP) is 3.17. The molecule has 0 bridgehead atoms. The van der Waals surface area contributed by atoms with Crippen molar-refractivity contribution in [2.24, 2.45) is 4.99 Å². The van der Waals surface area contributed by atoms with Crippen molar-refractivity contribution < 1.29 is 4.79 Å². The summed E-state index contributed by atoms with van der Waals surface area (Å²) < 4.78 is 1.000. The Balaban J connectivity index is 2.35. The molecule has 1 rings (SSSR count). The van der Waals surface area contributed by atoms with Crippen LogP contribution in [0.5, 0.6) is 0 Å². The number of rotatable bonds is 6. The van der Waals surface area contributed by atoms with Crippen molar-refractivity contribution >= 4 is 33.8 Å². The van der Waals surface area contributed by atoms with Crippen LogP contribution in [-0.2, 0) is 11.3 Å². The number of carbonyl (C=O) groups is 1. The first-order valence-electron chi connectivity index (χ1n) is 6.37. The highest BCUT2D eigenvalue weighted by Crippen LogP contribution is 2.16. The summed E-state index contributed by atoms with van der Waals surface area (Å²) in [6.45, 7) is 4.95. The first kappa shape index (κ1) is 16.1. The van der Waals surface area contributed by atoms with E-state index in [9.17, 15) is 4.79 Å². The molecule has 1 amide bonds. The summed E-state index contributed by atoms with van der Waals surface area (Å²) in [5, 5.41) is 2.87. The number of aliphatic imine (C=N–C) groups is 1. The van der Waals surface area contributed by atoms with Crippen LogP contribution in [0, 0.1) is 0 Å². The van der Waals surface area contributed by atoms with Crippen LogP contribution in [0.15, 0.2) is 35.3 Å². The molecule has 1 aromatic rings. The van der Waals surface area contributed by atoms with Crippen molar-refractivity contribution in [1.82, 2.24) is 5.32 Å². The minimum atomic E-state index is -0.0326. The standard InChI is InChI=1S/C14H20N2OS2/c1-3-18-14(19-4-2)16-11-13(17)15-10-12-8-6-5-7-9-12/h5-9H,3-4,10-11H2,1-2H3,(H,15,17). The fourth-order valence-electron chi connectivity index (χ4n) is 1.37. The van der Waals surface area contributed by atoms with E-state index >= 15 is 0 Å². The Morgan fingerprint density at radius 1 is 1.16 bits per heavy atom. The van der Waals surface area contributed by atoms with Crippen LogP contribution in [0.1, 0.15) is 19.4 Å². The maximum absolute atomic E-state index is 11.7. The Labute approximate surface area is 123 Å². The van der Waals surface area contributed by atoms with E-state index in [1.165, 1.54) is 0 Å². The summed E-state index contributed by atoms with van der Waals surface area (Å²) in [6, 6.07) is 9.89. The van der Waals surface area contributed by atoms with Crippen molar-refractivity contribution in [2.75, 3.05) is 18.1 Å². The van der Waals surface area contributed by atoms with Gasteiger partial charge < -0.3 is 5.32 Å². The van der Waals surface area contributed by atoms with Gasteiger partial charge in [0.15, 0.2) is 0 Å². The van der Waals surface area contributed by atoms with E-state index < -0.39 is 0 Å². The summed E-state index contributed by atoms with van der Waals surface area (Å²) in [6.07, 6.45) is 0. The average Bonchev–Trinajstić information content (AvgIpc) is 2.44. The highest BCUT2D eigenvalue weighted by atomic mass is 32.2. The number of carbonyl (C=O) groups excluding carboxylic acids is 1. The third kappa shape index (κ3) is 7.28. The number of hydrogen-bond acceptors (Lipinski definition) is 4. The highest BCUT2D eigenvalue weighted by molar-refractivity contribution is 8.38. The van der Waals surface area contributed by atoms with Crippen molar-refractivity contribution in [3.8, 4) is 0 Å². The second kappa shape index (κ2) is 9.92. The van der Waals surface area contributed by atoms with Crippen LogP contribution in [-0.4, -0.2) is 28.3 Å². The van der Waals surface area contributed by atoms with Crippen LogP contribution in [0.3, 0.4) is 0 Å². The Morgan fingerprint density at radius 3 is 2.37 bits per heavy atom. The Kier molecular flexibility index (Phi) is 8.41. The largest absolute Gasteiger partial charge is 0.350 e. The van der Waals surface area contributed by atoms with Gasteiger partial charge in [0.05, 0.1) is 0 Å². The van der Waals surface area contributed by atoms with Crippen molar-refractivity contribution in [3.63, 3.8) is 0 Å². The molecule has 0 radical (unpaired) electrons. The zero-order valence-electron chi connectivity index (χ0n) is 11.4. The van der Waals surface area contributed by atoms with Gasteiger partial charge in [-0.2, -0.15) is 0 Å². The van der Waals surface area contributed by atoms with Crippen LogP contribution in [0.4, 0.5) is 0 Å². The second-order valence-corrected chi connectivity index (χ2v) is 6.47. The van der Waals surface area contributed by atoms with Gasteiger partial charge in [-0.15, -0.1) is 23.5 Å². The fraction of sp³-hybridized carbons (Fsp3) is 0.429. The van der Waals surface area contributed by atoms with Crippen LogP contribution in [0.25, 0.3) is 0 Å². The molecular weight excluding hydrogens is 276 g/mol. The zero-order valence-corrected chi connectivity index (χ0v) is 13.0. The lowest BCUT2D eigenvalue weighted by Crippen LogP contribution is -2.25. The molecule has 1 aromatic carbocycles. The number of nitrogens with one attached hydrogen (secondary N) is 1. The predicted molar refractivity (Wildman–Crippen MR) is 86.9 cm³/mol. The van der Waals surface area contributed by atoms with Gasteiger partial charge in [-0.3, -0.25) is 9.79 Å². The maximum Gasteiger partial charge on any atom is 0.241 e. The molecular formula is C14H20N2OS2. The molecule has 5 heteroatoms. The molecule has 0 aromatic heterocycles. The average molecular weight is 296 g/mol. The van der Waals surface area contributed by atoms with Gasteiger partial charge >= 0.3 is 0 Å². The van der Waals surface area contributed by atoms with Crippen molar-refractivity contribution in [2.45, 2.75) is 20.4 Å². The number of nitrogens with zero attached hydrogens (tertiary/aromatic N) is 1. The van der Waals surface area contributed by atoms with Crippen LogP contribution in [0.2, 0.25) is 0 Å². The Bertz CT molecular complexity index is 399. The zero-order chi connectivity index (χ0) is 13.9. The van der Waals surface area contributed by atoms with Gasteiger partial charge in [-0.05, 0) is 17.1 Å². The SMILES string of the molecule is CCSC(=NCC(=O)NCc1ccccc1)SCC. The Morgan fingerprint density at radius 2 is 1.79 bits per heavy atom. The molecule has 0 aliphatic heterocycles. The monoisotopic (exact) mass is 296 g/mol. The van der Waals surface area contributed by atoms with E-state index in [4.69, 9.17) is 0 Å². The minimum Gasteiger partial charge on any atom is -0.350 e.